The van der Waals surface area contributed by atoms with E-state index in [1.54, 1.807) is 119 Å². The van der Waals surface area contributed by atoms with E-state index in [1.165, 1.54) is 67.2 Å². The molecule has 2 heterocycles. The van der Waals surface area contributed by atoms with E-state index in [2.05, 4.69) is 4.98 Å². The largest absolute Gasteiger partial charge is 0.300 e. The number of thiazole rings is 1. The number of carbonyl (C=O) groups excluding carboxylic acids is 6. The Hall–Kier alpha value is -8.11. The van der Waals surface area contributed by atoms with E-state index >= 15 is 0 Å². The van der Waals surface area contributed by atoms with Gasteiger partial charge in [0.2, 0.25) is 14.2 Å². The number of carbonyl (C=O) groups is 6. The maximum absolute atomic E-state index is 14.9. The van der Waals surface area contributed by atoms with Crippen LogP contribution in [0.2, 0.25) is 0 Å². The Morgan fingerprint density at radius 2 is 0.644 bits per heavy atom. The Bertz CT molecular complexity index is 7080. The molecule has 0 spiro atoms. The summed E-state index contributed by atoms with van der Waals surface area (Å²) in [6, 6.07) is 49.9. The van der Waals surface area contributed by atoms with Gasteiger partial charge in [-0.1, -0.05) is 161 Å². The Morgan fingerprint density at radius 3 is 1.02 bits per heavy atom. The number of aromatic nitrogens is 1. The van der Waals surface area contributed by atoms with E-state index in [4.69, 9.17) is 0 Å². The molecule has 0 N–H and O–H groups in total. The Labute approximate surface area is 778 Å². The zero-order chi connectivity index (χ0) is 93.2. The van der Waals surface area contributed by atoms with Gasteiger partial charge in [0.05, 0.1) is 107 Å². The Morgan fingerprint density at radius 1 is 0.348 bits per heavy atom. The zero-order valence-corrected chi connectivity index (χ0v) is 81.7. The smallest absolute Gasteiger partial charge is 0.210 e. The third kappa shape index (κ3) is 11.5. The van der Waals surface area contributed by atoms with Crippen LogP contribution in [-0.2, 0) is 87.8 Å². The van der Waals surface area contributed by atoms with Crippen molar-refractivity contribution in [2.45, 2.75) is 216 Å². The second-order valence-electron chi connectivity index (χ2n) is 44.4. The van der Waals surface area contributed by atoms with Gasteiger partial charge in [0, 0.05) is 12.7 Å². The van der Waals surface area contributed by atoms with Gasteiger partial charge in [0.1, 0.15) is 22.1 Å². The average Bonchev–Trinajstić information content (AvgIpc) is 1.49. The maximum Gasteiger partial charge on any atom is 0.210 e. The van der Waals surface area contributed by atoms with Gasteiger partial charge in [-0.15, -0.1) is 11.3 Å². The molecule has 0 radical (unpaired) electrons. The number of benzene rings is 6. The van der Waals surface area contributed by atoms with Crippen molar-refractivity contribution in [1.82, 2.24) is 4.98 Å². The highest BCUT2D eigenvalue weighted by Gasteiger charge is 2.84. The minimum absolute atomic E-state index is 0.0119. The third-order valence-corrected chi connectivity index (χ3v) is 52.5. The molecular formula is C106H113NO18S7. The molecule has 1 aromatic heterocycles. The number of para-hydroxylation sites is 1. The maximum atomic E-state index is 14.9. The number of fused-ring (bicyclic) bond motifs is 12. The van der Waals surface area contributed by atoms with Crippen molar-refractivity contribution in [3.63, 3.8) is 0 Å². The fourth-order valence-corrected chi connectivity index (χ4v) is 51.1. The molecule has 1 saturated heterocycles. The lowest BCUT2D eigenvalue weighted by molar-refractivity contribution is -0.133. The summed E-state index contributed by atoms with van der Waals surface area (Å²) in [6.07, 6.45) is 17.9. The van der Waals surface area contributed by atoms with Crippen LogP contribution in [-0.4, -0.2) is 134 Å². The molecule has 21 aliphatic rings. The monoisotopic (exact) mass is 1910 g/mol. The first-order valence-electron chi connectivity index (χ1n) is 47.4. The summed E-state index contributed by atoms with van der Waals surface area (Å²) in [5.74, 6) is 3.59. The van der Waals surface area contributed by atoms with Crippen LogP contribution in [0.3, 0.4) is 0 Å². The van der Waals surface area contributed by atoms with Crippen LogP contribution in [0.15, 0.2) is 228 Å². The molecule has 10 saturated carbocycles. The molecule has 22 unspecified atom stereocenters. The van der Waals surface area contributed by atoms with Crippen molar-refractivity contribution in [3.05, 3.63) is 220 Å². The van der Waals surface area contributed by atoms with Crippen LogP contribution >= 0.6 is 11.3 Å². The van der Waals surface area contributed by atoms with E-state index < -0.39 is 151 Å². The lowest BCUT2D eigenvalue weighted by atomic mass is 9.62. The van der Waals surface area contributed by atoms with Crippen LogP contribution in [0.4, 0.5) is 0 Å². The van der Waals surface area contributed by atoms with E-state index in [-0.39, 0.29) is 72.0 Å². The molecule has 132 heavy (non-hydrogen) atoms. The molecular weight excluding hydrogens is 1800 g/mol. The quantitative estimate of drug-likeness (QED) is 0.103. The second-order valence-corrected chi connectivity index (χ2v) is 58.3. The molecule has 22 atom stereocenters. The number of Topliss-reactive ketones (excluding diaryl/α,β-unsaturated/α-hetero) is 6. The number of ketones is 6. The van der Waals surface area contributed by atoms with E-state index in [0.29, 0.717) is 79.8 Å². The molecule has 20 bridgehead atoms. The summed E-state index contributed by atoms with van der Waals surface area (Å²) in [5.41, 5.74) is -0.0276. The predicted octanol–water partition coefficient (Wildman–Crippen LogP) is 17.2. The molecule has 0 amide bonds. The number of hydrogen-bond acceptors (Lipinski definition) is 20. The van der Waals surface area contributed by atoms with Crippen molar-refractivity contribution in [2.75, 3.05) is 12.0 Å². The van der Waals surface area contributed by atoms with Crippen LogP contribution in [0, 0.1) is 126 Å². The summed E-state index contributed by atoms with van der Waals surface area (Å²) >= 11 is 0.999. The van der Waals surface area contributed by atoms with Crippen molar-refractivity contribution in [2.24, 2.45) is 126 Å². The van der Waals surface area contributed by atoms with E-state index in [0.717, 1.165) is 123 Å². The highest BCUT2D eigenvalue weighted by Crippen LogP contribution is 2.79. The van der Waals surface area contributed by atoms with Gasteiger partial charge in [-0.3, -0.25) is 28.8 Å². The van der Waals surface area contributed by atoms with Gasteiger partial charge >= 0.3 is 0 Å². The zero-order valence-electron chi connectivity index (χ0n) is 76.0. The van der Waals surface area contributed by atoms with E-state index in [1.807, 2.05) is 88.4 Å². The van der Waals surface area contributed by atoms with E-state index in [9.17, 15) is 79.3 Å². The van der Waals surface area contributed by atoms with Crippen LogP contribution in [0.1, 0.15) is 176 Å². The van der Waals surface area contributed by atoms with Crippen molar-refractivity contribution in [1.29, 1.82) is 0 Å². The highest BCUT2D eigenvalue weighted by atomic mass is 32.2. The van der Waals surface area contributed by atoms with Gasteiger partial charge in [-0.25, -0.2) is 55.5 Å². The normalized spacial score (nSPS) is 40.8. The number of allylic oxidation sites excluding steroid dienone is 8. The first-order valence-corrected chi connectivity index (χ1v) is 58.1. The summed E-state index contributed by atoms with van der Waals surface area (Å²) in [6.45, 7) is 15.8. The van der Waals surface area contributed by atoms with Gasteiger partial charge in [0.25, 0.3) is 0 Å². The van der Waals surface area contributed by atoms with Crippen molar-refractivity contribution in [3.8, 4) is 0 Å². The minimum atomic E-state index is -4.47. The van der Waals surface area contributed by atoms with Gasteiger partial charge < -0.3 is 0 Å². The third-order valence-electron chi connectivity index (χ3n) is 37.4. The lowest BCUT2D eigenvalue weighted by Gasteiger charge is -2.44. The summed E-state index contributed by atoms with van der Waals surface area (Å²) in [5, 5.41) is -7.55. The van der Waals surface area contributed by atoms with Crippen LogP contribution in [0.25, 0.3) is 21.4 Å². The first-order chi connectivity index (χ1) is 62.2. The lowest BCUT2D eigenvalue weighted by Crippen LogP contribution is -2.53. The van der Waals surface area contributed by atoms with Crippen molar-refractivity contribution < 1.29 is 79.3 Å². The van der Waals surface area contributed by atoms with Gasteiger partial charge in [-0.05, 0) is 300 Å². The van der Waals surface area contributed by atoms with Gasteiger partial charge in [-0.2, -0.15) is 0 Å². The molecule has 692 valence electrons. The molecule has 6 aromatic carbocycles. The molecule has 20 aliphatic carbocycles. The van der Waals surface area contributed by atoms with Crippen LogP contribution < -0.4 is 0 Å². The molecule has 1 aliphatic heterocycles. The summed E-state index contributed by atoms with van der Waals surface area (Å²) in [4.78, 5) is 87.8. The summed E-state index contributed by atoms with van der Waals surface area (Å²) < 4.78 is 169. The number of nitrogens with zero attached hydrogens (tertiary/aromatic N) is 1. The summed E-state index contributed by atoms with van der Waals surface area (Å²) in [7, 11) is -24.0. The molecule has 19 nitrogen and oxygen atoms in total. The Kier molecular flexibility index (Phi) is 19.7. The Balaban J connectivity index is 0.000000104. The predicted molar refractivity (Wildman–Crippen MR) is 503 cm³/mol. The SMILES string of the molecule is CC(=O)C1C(S(=O)(=O)c2ccccc2)C2(C)C(=O)C1(C)C1=C2C2CC3CC(CC1C3)C2.CC12C(=O)C(C)(C(c3ccccc3)=C1c1ccccc1)C(S(=O)(=O)c1nc3ccccc3s1)C2S(=O)(=O)c1ccccc1.CC12C(=O)C(C)(C3=C1C1CC4CC(C1)CC3C4)C(S(=O)(=O)c1ccccc1)C2S(C)(=O)=O.CC12C(=O)C(C)(C3=C1C1CC4CC(C1)CC3C4)C1C2C(=O)CCS1(=O)=O. The number of hydrogen-bond donors (Lipinski definition) is 0. The second kappa shape index (κ2) is 29.2. The molecule has 26 heteroatoms. The molecule has 28 rings (SSSR count). The number of rotatable bonds is 12. The first kappa shape index (κ1) is 89.1. The minimum Gasteiger partial charge on any atom is -0.300 e. The van der Waals surface area contributed by atoms with Crippen molar-refractivity contribution >= 4 is 126 Å². The fraction of sp³-hybridized carbons (Fsp3) is 0.519. The van der Waals surface area contributed by atoms with Crippen LogP contribution in [0.5, 0.6) is 0 Å². The molecule has 11 fully saturated rings. The van der Waals surface area contributed by atoms with Gasteiger partial charge in [0.15, 0.2) is 72.3 Å². The average molecular weight is 1910 g/mol. The number of sulfone groups is 6. The topological polar surface area (TPSA) is 320 Å². The molecule has 7 aromatic rings. The fourth-order valence-electron chi connectivity index (χ4n) is 34.1. The standard InChI is InChI=1S/C34H27NO5S3.C26H30O4S.C25H30O5S2.C21H26O4S/c1-33-27(22-14-6-3-7-15-22)28(23-16-8-4-9-17-23)34(2,31(33)36)30(29(33)42(37,38)24-18-10-5-11-19-24)43(39,40)32-35-25-20-12-13-21-26(25)41-32;1-14(27)20-23(31(29,30)19-7-5-4-6-8-19)26(3)22-18-12-15-9-16(13-18)11-17(10-15)21(22)25(20,2)24(26)28;1-24-19-16-10-14-9-15(11-16)13-17(12-14)20(19)25(2,23(24)26)22(21(24)31(3,27)28)32(29,30)18-7-5-4-6-8-18;1-20-15-12-6-10-5-11(7-12)9-13(8-10)16(15)21(2,19(20)23)18-17(20)14(22)3-4-26(18,24)25/h3-21,29-30H,1-2H3;4-8,15-18,20,23H,9-13H2,1-3H3;4-8,14-17,21-22H,9-13H2,1-3H3;10-13,17-18H,3-9H2,1-2H3. The highest BCUT2D eigenvalue weighted by molar-refractivity contribution is 7.97.